The molecule has 0 radical (unpaired) electrons. The fourth-order valence-corrected chi connectivity index (χ4v) is 0.340. The van der Waals surface area contributed by atoms with E-state index in [1.54, 1.807) is 6.92 Å². The van der Waals surface area contributed by atoms with Crippen molar-refractivity contribution in [1.82, 2.24) is 0 Å². The number of hydrogen-bond donors (Lipinski definition) is 0. The number of hydrogen-bond acceptors (Lipinski definition) is 3. The fourth-order valence-electron chi connectivity index (χ4n) is 0.277. The van der Waals surface area contributed by atoms with Gasteiger partial charge in [-0.15, -0.1) is 11.6 Å². The summed E-state index contributed by atoms with van der Waals surface area (Å²) in [6.07, 6.45) is 0.333. The molecule has 0 fully saturated rings. The van der Waals surface area contributed by atoms with Crippen LogP contribution in [0.5, 0.6) is 0 Å². The summed E-state index contributed by atoms with van der Waals surface area (Å²) in [5.74, 6) is -0.686. The largest absolute Gasteiger partial charge is 1.00 e. The van der Waals surface area contributed by atoms with E-state index in [1.807, 2.05) is 0 Å². The number of alkyl halides is 1. The average molecular weight is 191 g/mol. The second kappa shape index (κ2) is 8.17. The van der Waals surface area contributed by atoms with Gasteiger partial charge in [0.25, 0.3) is 0 Å². The SMILES string of the molecule is CCOC(=O)C(Cl)C=O.[H-].[K+]. The van der Waals surface area contributed by atoms with Crippen LogP contribution in [-0.4, -0.2) is 24.2 Å². The minimum Gasteiger partial charge on any atom is -1.00 e. The summed E-state index contributed by atoms with van der Waals surface area (Å²) in [7, 11) is 0. The Morgan fingerprint density at radius 1 is 1.90 bits per heavy atom. The van der Waals surface area contributed by atoms with Crippen molar-refractivity contribution in [3.05, 3.63) is 0 Å². The van der Waals surface area contributed by atoms with Gasteiger partial charge in [0.05, 0.1) is 6.61 Å². The third-order valence-corrected chi connectivity index (χ3v) is 0.912. The molecule has 0 saturated carbocycles. The van der Waals surface area contributed by atoms with Gasteiger partial charge in [0, 0.05) is 0 Å². The van der Waals surface area contributed by atoms with Crippen LogP contribution in [0.4, 0.5) is 0 Å². The van der Waals surface area contributed by atoms with E-state index in [0.717, 1.165) is 0 Å². The first-order chi connectivity index (χ1) is 4.22. The zero-order valence-corrected chi connectivity index (χ0v) is 9.84. The second-order valence-corrected chi connectivity index (χ2v) is 1.76. The molecule has 0 saturated heterocycles. The summed E-state index contributed by atoms with van der Waals surface area (Å²) in [4.78, 5) is 20.2. The molecule has 0 aromatic rings. The van der Waals surface area contributed by atoms with Crippen molar-refractivity contribution in [2.45, 2.75) is 12.3 Å². The van der Waals surface area contributed by atoms with Gasteiger partial charge in [-0.2, -0.15) is 0 Å². The van der Waals surface area contributed by atoms with Gasteiger partial charge in [-0.05, 0) is 6.92 Å². The zero-order chi connectivity index (χ0) is 7.28. The molecule has 0 rings (SSSR count). The smallest absolute Gasteiger partial charge is 1.00 e. The van der Waals surface area contributed by atoms with Crippen molar-refractivity contribution < 1.29 is 67.1 Å². The molecule has 0 aromatic heterocycles. The van der Waals surface area contributed by atoms with Gasteiger partial charge in [0.1, 0.15) is 6.29 Å². The molecule has 1 atom stereocenters. The average Bonchev–Trinajstić information content (AvgIpc) is 1.87. The first-order valence-corrected chi connectivity index (χ1v) is 2.92. The van der Waals surface area contributed by atoms with Crippen molar-refractivity contribution in [2.75, 3.05) is 6.61 Å². The molecule has 0 aliphatic heterocycles. The number of esters is 1. The summed E-state index contributed by atoms with van der Waals surface area (Å²) >= 11 is 5.15. The number of rotatable bonds is 3. The Morgan fingerprint density at radius 2 is 2.40 bits per heavy atom. The van der Waals surface area contributed by atoms with Crippen LogP contribution in [-0.2, 0) is 14.3 Å². The summed E-state index contributed by atoms with van der Waals surface area (Å²) in [6, 6.07) is 0. The van der Waals surface area contributed by atoms with Gasteiger partial charge >= 0.3 is 57.4 Å². The van der Waals surface area contributed by atoms with Crippen molar-refractivity contribution >= 4 is 23.9 Å². The number of ether oxygens (including phenoxy) is 1. The Labute approximate surface area is 108 Å². The first kappa shape index (κ1) is 13.6. The Morgan fingerprint density at radius 3 is 2.70 bits per heavy atom. The minimum absolute atomic E-state index is 0. The molecule has 10 heavy (non-hydrogen) atoms. The zero-order valence-electron chi connectivity index (χ0n) is 6.96. The van der Waals surface area contributed by atoms with Gasteiger partial charge in [0.15, 0.2) is 5.38 Å². The van der Waals surface area contributed by atoms with Crippen molar-refractivity contribution in [1.29, 1.82) is 0 Å². The van der Waals surface area contributed by atoms with Crippen molar-refractivity contribution in [3.8, 4) is 0 Å². The third-order valence-electron chi connectivity index (χ3n) is 0.631. The predicted molar refractivity (Wildman–Crippen MR) is 33.4 cm³/mol. The van der Waals surface area contributed by atoms with Gasteiger partial charge in [-0.1, -0.05) is 0 Å². The van der Waals surface area contributed by atoms with Crippen molar-refractivity contribution in [2.24, 2.45) is 0 Å². The van der Waals surface area contributed by atoms with Crippen LogP contribution < -0.4 is 51.4 Å². The molecule has 54 valence electrons. The molecule has 0 N–H and O–H groups in total. The fraction of sp³-hybridized carbons (Fsp3) is 0.600. The maximum Gasteiger partial charge on any atom is 1.00 e. The summed E-state index contributed by atoms with van der Waals surface area (Å²) in [5, 5.41) is -1.15. The van der Waals surface area contributed by atoms with Crippen molar-refractivity contribution in [3.63, 3.8) is 0 Å². The summed E-state index contributed by atoms with van der Waals surface area (Å²) in [6.45, 7) is 1.89. The summed E-state index contributed by atoms with van der Waals surface area (Å²) in [5.41, 5.74) is 0. The van der Waals surface area contributed by atoms with E-state index in [9.17, 15) is 9.59 Å². The monoisotopic (exact) mass is 190 g/mol. The third kappa shape index (κ3) is 5.82. The Kier molecular flexibility index (Phi) is 11.1. The first-order valence-electron chi connectivity index (χ1n) is 2.48. The molecule has 5 heteroatoms. The molecule has 0 heterocycles. The molecule has 0 bridgehead atoms. The Balaban J connectivity index is -0.000000320. The number of carbonyl (C=O) groups excluding carboxylic acids is 2. The normalized spacial score (nSPS) is 11.0. The molecule has 3 nitrogen and oxygen atoms in total. The quantitative estimate of drug-likeness (QED) is 0.162. The standard InChI is InChI=1S/C5H7ClO3.K.H/c1-2-9-5(8)4(6)3-7;;/h3-4H,2H2,1H3;;/q;+1;-1. The maximum absolute atomic E-state index is 10.4. The molecular formula is C5H8ClKO3. The van der Waals surface area contributed by atoms with E-state index in [-0.39, 0.29) is 59.4 Å². The molecule has 0 amide bonds. The minimum atomic E-state index is -1.15. The molecule has 0 aromatic carbocycles. The Bertz CT molecular complexity index is 122. The van der Waals surface area contributed by atoms with E-state index in [0.29, 0.717) is 6.29 Å². The summed E-state index contributed by atoms with van der Waals surface area (Å²) < 4.78 is 4.39. The molecule has 0 aliphatic rings. The van der Waals surface area contributed by atoms with Gasteiger partial charge in [0.2, 0.25) is 0 Å². The molecule has 0 spiro atoms. The topological polar surface area (TPSA) is 43.4 Å². The number of carbonyl (C=O) groups is 2. The molecule has 0 aliphatic carbocycles. The number of halogens is 1. The second-order valence-electron chi connectivity index (χ2n) is 1.29. The van der Waals surface area contributed by atoms with E-state index >= 15 is 0 Å². The predicted octanol–water partition coefficient (Wildman–Crippen LogP) is -2.53. The van der Waals surface area contributed by atoms with Crippen LogP contribution in [0, 0.1) is 0 Å². The van der Waals surface area contributed by atoms with Gasteiger partial charge < -0.3 is 11.0 Å². The van der Waals surface area contributed by atoms with Crippen LogP contribution >= 0.6 is 11.6 Å². The van der Waals surface area contributed by atoms with Crippen LogP contribution in [0.15, 0.2) is 0 Å². The van der Waals surface area contributed by atoms with Gasteiger partial charge in [-0.3, -0.25) is 0 Å². The van der Waals surface area contributed by atoms with E-state index in [2.05, 4.69) is 4.74 Å². The molecular weight excluding hydrogens is 183 g/mol. The van der Waals surface area contributed by atoms with E-state index in [4.69, 9.17) is 11.6 Å². The van der Waals surface area contributed by atoms with Crippen LogP contribution in [0.25, 0.3) is 0 Å². The Hall–Kier alpha value is 1.07. The van der Waals surface area contributed by atoms with Gasteiger partial charge in [-0.25, -0.2) is 4.79 Å². The van der Waals surface area contributed by atoms with E-state index in [1.165, 1.54) is 0 Å². The van der Waals surface area contributed by atoms with Crippen LogP contribution in [0.3, 0.4) is 0 Å². The van der Waals surface area contributed by atoms with Crippen LogP contribution in [0.2, 0.25) is 0 Å². The maximum atomic E-state index is 10.4. The van der Waals surface area contributed by atoms with Crippen LogP contribution in [0.1, 0.15) is 8.35 Å². The van der Waals surface area contributed by atoms with E-state index < -0.39 is 11.3 Å². The molecule has 1 unspecified atom stereocenters. The number of aldehydes is 1.